The number of nitrogens with zero attached hydrogens (tertiary/aromatic N) is 1. The van der Waals surface area contributed by atoms with E-state index < -0.39 is 0 Å². The van der Waals surface area contributed by atoms with Crippen LogP contribution in [0.5, 0.6) is 0 Å². The topological polar surface area (TPSA) is 46.3 Å². The Kier molecular flexibility index (Phi) is 4.88. The third-order valence-electron chi connectivity index (χ3n) is 5.12. The minimum atomic E-state index is 0.189. The van der Waals surface area contributed by atoms with Crippen LogP contribution in [0.25, 0.3) is 0 Å². The average molecular weight is 266 g/mol. The molecule has 3 atom stereocenters. The Hall–Kier alpha value is -0.570. The van der Waals surface area contributed by atoms with Crippen molar-refractivity contribution < 1.29 is 4.79 Å². The lowest BCUT2D eigenvalue weighted by Gasteiger charge is -2.38. The molecule has 0 spiro atoms. The van der Waals surface area contributed by atoms with Gasteiger partial charge in [-0.2, -0.15) is 0 Å². The zero-order chi connectivity index (χ0) is 14.0. The molecule has 1 aliphatic carbocycles. The highest BCUT2D eigenvalue weighted by molar-refractivity contribution is 5.79. The molecule has 1 amide bonds. The summed E-state index contributed by atoms with van der Waals surface area (Å²) in [5, 5.41) is 0. The Morgan fingerprint density at radius 2 is 1.79 bits per heavy atom. The van der Waals surface area contributed by atoms with Crippen molar-refractivity contribution in [3.63, 3.8) is 0 Å². The molecule has 3 heteroatoms. The molecule has 1 heterocycles. The second-order valence-electron chi connectivity index (χ2n) is 7.18. The molecule has 0 aromatic carbocycles. The minimum absolute atomic E-state index is 0.189. The molecule has 2 fully saturated rings. The summed E-state index contributed by atoms with van der Waals surface area (Å²) < 4.78 is 0. The molecule has 0 radical (unpaired) electrons. The molecule has 3 nitrogen and oxygen atoms in total. The Morgan fingerprint density at radius 3 is 2.32 bits per heavy atom. The molecule has 2 N–H and O–H groups in total. The summed E-state index contributed by atoms with van der Waals surface area (Å²) in [6.45, 7) is 8.74. The normalized spacial score (nSPS) is 33.7. The van der Waals surface area contributed by atoms with E-state index in [1.807, 2.05) is 0 Å². The molecule has 110 valence electrons. The smallest absolute Gasteiger partial charge is 0.225 e. The van der Waals surface area contributed by atoms with Gasteiger partial charge >= 0.3 is 0 Å². The Balaban J connectivity index is 1.87. The monoisotopic (exact) mass is 266 g/mol. The van der Waals surface area contributed by atoms with Crippen LogP contribution >= 0.6 is 0 Å². The lowest BCUT2D eigenvalue weighted by atomic mass is 9.78. The first-order chi connectivity index (χ1) is 8.97. The molecule has 0 aromatic rings. The quantitative estimate of drug-likeness (QED) is 0.835. The Morgan fingerprint density at radius 1 is 1.16 bits per heavy atom. The molecule has 2 aliphatic rings. The maximum atomic E-state index is 12.6. The molecule has 19 heavy (non-hydrogen) atoms. The summed E-state index contributed by atoms with van der Waals surface area (Å²) in [7, 11) is 0. The van der Waals surface area contributed by atoms with Gasteiger partial charge in [-0.25, -0.2) is 0 Å². The van der Waals surface area contributed by atoms with E-state index in [9.17, 15) is 4.79 Å². The highest BCUT2D eigenvalue weighted by atomic mass is 16.2. The number of nitrogens with two attached hydrogens (primary N) is 1. The molecule has 3 unspecified atom stereocenters. The van der Waals surface area contributed by atoms with E-state index in [1.54, 1.807) is 0 Å². The van der Waals surface area contributed by atoms with Crippen molar-refractivity contribution in [3.8, 4) is 0 Å². The van der Waals surface area contributed by atoms with Gasteiger partial charge in [0.25, 0.3) is 0 Å². The maximum absolute atomic E-state index is 12.6. The van der Waals surface area contributed by atoms with E-state index >= 15 is 0 Å². The van der Waals surface area contributed by atoms with Crippen molar-refractivity contribution >= 4 is 5.91 Å². The minimum Gasteiger partial charge on any atom is -0.342 e. The fourth-order valence-corrected chi connectivity index (χ4v) is 3.90. The number of hydrogen-bond acceptors (Lipinski definition) is 2. The summed E-state index contributed by atoms with van der Waals surface area (Å²) in [4.78, 5) is 14.7. The van der Waals surface area contributed by atoms with Crippen molar-refractivity contribution in [2.45, 2.75) is 58.9 Å². The van der Waals surface area contributed by atoms with Gasteiger partial charge in [-0.1, -0.05) is 20.8 Å². The second kappa shape index (κ2) is 6.25. The number of piperidine rings is 1. The summed E-state index contributed by atoms with van der Waals surface area (Å²) >= 11 is 0. The summed E-state index contributed by atoms with van der Waals surface area (Å²) in [5.41, 5.74) is 6.07. The first kappa shape index (κ1) is 14.8. The first-order valence-corrected chi connectivity index (χ1v) is 8.01. The van der Waals surface area contributed by atoms with Crippen LogP contribution in [0.3, 0.4) is 0 Å². The van der Waals surface area contributed by atoms with Gasteiger partial charge < -0.3 is 10.6 Å². The van der Waals surface area contributed by atoms with Gasteiger partial charge in [0.2, 0.25) is 5.91 Å². The molecular formula is C16H30N2O. The van der Waals surface area contributed by atoms with Crippen LogP contribution < -0.4 is 5.73 Å². The number of hydrogen-bond donors (Lipinski definition) is 1. The molecule has 1 saturated heterocycles. The third-order valence-corrected chi connectivity index (χ3v) is 5.12. The average Bonchev–Trinajstić information content (AvgIpc) is 2.37. The third kappa shape index (κ3) is 3.71. The van der Waals surface area contributed by atoms with Crippen molar-refractivity contribution in [1.82, 2.24) is 4.90 Å². The van der Waals surface area contributed by atoms with Crippen molar-refractivity contribution in [1.29, 1.82) is 0 Å². The fourth-order valence-electron chi connectivity index (χ4n) is 3.90. The van der Waals surface area contributed by atoms with Crippen molar-refractivity contribution in [2.75, 3.05) is 13.1 Å². The SMILES string of the molecule is CC1CC(N)CC(C(=O)N2CCC(C(C)C)CC2)C1. The van der Waals surface area contributed by atoms with Gasteiger partial charge in [-0.05, 0) is 49.9 Å². The standard InChI is InChI=1S/C16H30N2O/c1-11(2)13-4-6-18(7-5-13)16(19)14-8-12(3)9-15(17)10-14/h11-15H,4-10,17H2,1-3H3. The zero-order valence-corrected chi connectivity index (χ0v) is 12.8. The van der Waals surface area contributed by atoms with E-state index in [1.165, 1.54) is 12.8 Å². The summed E-state index contributed by atoms with van der Waals surface area (Å²) in [6, 6.07) is 0.228. The van der Waals surface area contributed by atoms with Crippen molar-refractivity contribution in [2.24, 2.45) is 29.4 Å². The summed E-state index contributed by atoms with van der Waals surface area (Å²) in [6.07, 6.45) is 5.37. The number of likely N-dealkylation sites (tertiary alicyclic amines) is 1. The Labute approximate surface area is 117 Å². The van der Waals surface area contributed by atoms with Crippen LogP contribution in [0.4, 0.5) is 0 Å². The van der Waals surface area contributed by atoms with Crippen LogP contribution in [-0.2, 0) is 4.79 Å². The number of amides is 1. The predicted octanol–water partition coefficient (Wildman–Crippen LogP) is 2.64. The molecule has 0 aromatic heterocycles. The van der Waals surface area contributed by atoms with Crippen LogP contribution in [0.1, 0.15) is 52.9 Å². The predicted molar refractivity (Wildman–Crippen MR) is 78.6 cm³/mol. The van der Waals surface area contributed by atoms with Crippen LogP contribution in [0.2, 0.25) is 0 Å². The molecule has 1 aliphatic heterocycles. The van der Waals surface area contributed by atoms with E-state index in [0.29, 0.717) is 11.8 Å². The number of carbonyl (C=O) groups excluding carboxylic acids is 1. The van der Waals surface area contributed by atoms with Gasteiger partial charge in [0, 0.05) is 25.0 Å². The fraction of sp³-hybridized carbons (Fsp3) is 0.938. The Bertz CT molecular complexity index is 298. The largest absolute Gasteiger partial charge is 0.342 e. The maximum Gasteiger partial charge on any atom is 0.225 e. The van der Waals surface area contributed by atoms with Crippen molar-refractivity contribution in [3.05, 3.63) is 0 Å². The lowest BCUT2D eigenvalue weighted by Crippen LogP contribution is -2.45. The highest BCUT2D eigenvalue weighted by Gasteiger charge is 2.33. The molecule has 1 saturated carbocycles. The van der Waals surface area contributed by atoms with Crippen LogP contribution in [0.15, 0.2) is 0 Å². The summed E-state index contributed by atoms with van der Waals surface area (Å²) in [5.74, 6) is 2.72. The van der Waals surface area contributed by atoms with Gasteiger partial charge in [-0.15, -0.1) is 0 Å². The van der Waals surface area contributed by atoms with Gasteiger partial charge in [0.05, 0.1) is 0 Å². The van der Waals surface area contributed by atoms with E-state index in [4.69, 9.17) is 5.73 Å². The van der Waals surface area contributed by atoms with Crippen LogP contribution in [-0.4, -0.2) is 29.9 Å². The lowest BCUT2D eigenvalue weighted by molar-refractivity contribution is -0.138. The number of rotatable bonds is 2. The molecule has 0 bridgehead atoms. The second-order valence-corrected chi connectivity index (χ2v) is 7.18. The highest BCUT2D eigenvalue weighted by Crippen LogP contribution is 2.31. The van der Waals surface area contributed by atoms with E-state index in [-0.39, 0.29) is 12.0 Å². The van der Waals surface area contributed by atoms with E-state index in [2.05, 4.69) is 25.7 Å². The van der Waals surface area contributed by atoms with Gasteiger partial charge in [0.15, 0.2) is 0 Å². The molecule has 2 rings (SSSR count). The molecular weight excluding hydrogens is 236 g/mol. The first-order valence-electron chi connectivity index (χ1n) is 8.01. The van der Waals surface area contributed by atoms with E-state index in [0.717, 1.165) is 44.2 Å². The van der Waals surface area contributed by atoms with Gasteiger partial charge in [0.1, 0.15) is 0 Å². The zero-order valence-electron chi connectivity index (χ0n) is 12.8. The van der Waals surface area contributed by atoms with Crippen LogP contribution in [0, 0.1) is 23.7 Å². The van der Waals surface area contributed by atoms with Gasteiger partial charge in [-0.3, -0.25) is 4.79 Å². The number of carbonyl (C=O) groups is 1.